The summed E-state index contributed by atoms with van der Waals surface area (Å²) < 4.78 is 11.7. The number of nitrogens with zero attached hydrogens (tertiary/aromatic N) is 9. The molecule has 1 fully saturated rings. The zero-order valence-electron chi connectivity index (χ0n) is 21.5. The lowest BCUT2D eigenvalue weighted by Gasteiger charge is -2.13. The summed E-state index contributed by atoms with van der Waals surface area (Å²) in [5.74, 6) is 3.19. The third-order valence-corrected chi connectivity index (χ3v) is 6.50. The van der Waals surface area contributed by atoms with E-state index in [0.29, 0.717) is 35.9 Å². The highest BCUT2D eigenvalue weighted by atomic mass is 16.5. The van der Waals surface area contributed by atoms with Crippen LogP contribution in [-0.4, -0.2) is 71.1 Å². The predicted molar refractivity (Wildman–Crippen MR) is 141 cm³/mol. The molecule has 5 heterocycles. The second-order valence-corrected chi connectivity index (χ2v) is 9.67. The van der Waals surface area contributed by atoms with Crippen molar-refractivity contribution in [3.05, 3.63) is 54.7 Å². The van der Waals surface area contributed by atoms with Gasteiger partial charge in [-0.1, -0.05) is 0 Å². The van der Waals surface area contributed by atoms with Gasteiger partial charge in [0.05, 0.1) is 11.7 Å². The molecule has 190 valence electrons. The lowest BCUT2D eigenvalue weighted by molar-refractivity contribution is 0.261. The number of ether oxygens (including phenoxy) is 1. The van der Waals surface area contributed by atoms with E-state index in [1.165, 1.54) is 12.8 Å². The van der Waals surface area contributed by atoms with E-state index in [9.17, 15) is 0 Å². The van der Waals surface area contributed by atoms with Crippen LogP contribution in [0.3, 0.4) is 0 Å². The second-order valence-electron chi connectivity index (χ2n) is 9.67. The van der Waals surface area contributed by atoms with Crippen LogP contribution >= 0.6 is 0 Å². The van der Waals surface area contributed by atoms with Gasteiger partial charge in [-0.25, -0.2) is 19.5 Å². The van der Waals surface area contributed by atoms with Crippen molar-refractivity contribution in [2.75, 3.05) is 32.6 Å². The first-order chi connectivity index (χ1) is 18.0. The summed E-state index contributed by atoms with van der Waals surface area (Å²) in [5.41, 5.74) is 3.83. The number of imidazole rings is 1. The maximum Gasteiger partial charge on any atom is 0.218 e. The standard InChI is InChI=1S/C26H30N10O/c1-17-20(21-8-11-35(31-21)18-5-6-18)16-36-23(17)24(30-25(32-36)26-28-10-12-34(26)4)29-22-15-19(7-9-27-22)37-14-13-33(2)3/h7-12,15-16,18H,5-6,13-14H2,1-4H3,(H,27,29,30,32). The fourth-order valence-corrected chi connectivity index (χ4v) is 4.31. The first-order valence-electron chi connectivity index (χ1n) is 12.4. The molecule has 1 saturated carbocycles. The zero-order valence-corrected chi connectivity index (χ0v) is 21.5. The Morgan fingerprint density at radius 3 is 2.73 bits per heavy atom. The number of anilines is 2. The minimum atomic E-state index is 0.506. The van der Waals surface area contributed by atoms with Crippen molar-refractivity contribution >= 4 is 17.2 Å². The van der Waals surface area contributed by atoms with Crippen molar-refractivity contribution in [3.63, 3.8) is 0 Å². The summed E-state index contributed by atoms with van der Waals surface area (Å²) in [4.78, 5) is 15.9. The number of rotatable bonds is 9. The van der Waals surface area contributed by atoms with Crippen LogP contribution in [0.1, 0.15) is 24.4 Å². The number of fused-ring (bicyclic) bond motifs is 1. The van der Waals surface area contributed by atoms with Crippen LogP contribution in [0.4, 0.5) is 11.6 Å². The van der Waals surface area contributed by atoms with E-state index in [1.54, 1.807) is 12.4 Å². The molecular formula is C26H30N10O. The fraction of sp³-hybridized carbons (Fsp3) is 0.346. The minimum absolute atomic E-state index is 0.506. The highest BCUT2D eigenvalue weighted by Gasteiger charge is 2.25. The van der Waals surface area contributed by atoms with E-state index in [0.717, 1.165) is 34.6 Å². The van der Waals surface area contributed by atoms with E-state index in [-0.39, 0.29) is 0 Å². The molecule has 1 aliphatic rings. The van der Waals surface area contributed by atoms with E-state index >= 15 is 0 Å². The van der Waals surface area contributed by atoms with Crippen LogP contribution in [0.2, 0.25) is 0 Å². The molecule has 1 aliphatic carbocycles. The maximum atomic E-state index is 5.91. The van der Waals surface area contributed by atoms with Crippen LogP contribution in [0.5, 0.6) is 5.75 Å². The summed E-state index contributed by atoms with van der Waals surface area (Å²) in [6.45, 7) is 3.49. The van der Waals surface area contributed by atoms with Gasteiger partial charge in [-0.2, -0.15) is 5.10 Å². The molecule has 5 aromatic heterocycles. The van der Waals surface area contributed by atoms with Gasteiger partial charge in [0.1, 0.15) is 23.7 Å². The minimum Gasteiger partial charge on any atom is -0.492 e. The highest BCUT2D eigenvalue weighted by molar-refractivity contribution is 5.84. The molecule has 0 unspecified atom stereocenters. The van der Waals surface area contributed by atoms with E-state index in [4.69, 9.17) is 19.9 Å². The van der Waals surface area contributed by atoms with Crippen LogP contribution in [0, 0.1) is 6.92 Å². The first kappa shape index (κ1) is 23.2. The van der Waals surface area contributed by atoms with Crippen LogP contribution in [-0.2, 0) is 7.05 Å². The molecule has 0 bridgehead atoms. The second kappa shape index (κ2) is 9.32. The molecule has 11 nitrogen and oxygen atoms in total. The van der Waals surface area contributed by atoms with Gasteiger partial charge in [0.2, 0.25) is 5.82 Å². The molecule has 0 amide bonds. The fourth-order valence-electron chi connectivity index (χ4n) is 4.31. The van der Waals surface area contributed by atoms with Gasteiger partial charge in [0.15, 0.2) is 11.6 Å². The molecule has 0 saturated heterocycles. The molecular weight excluding hydrogens is 468 g/mol. The lowest BCUT2D eigenvalue weighted by atomic mass is 10.1. The van der Waals surface area contributed by atoms with Crippen LogP contribution < -0.4 is 10.1 Å². The molecule has 11 heteroatoms. The Bertz CT molecular complexity index is 1560. The smallest absolute Gasteiger partial charge is 0.218 e. The SMILES string of the molecule is Cc1c(-c2ccn(C3CC3)n2)cn2nc(-c3nccn3C)nc(Nc3cc(OCCN(C)C)ccn3)c12. The van der Waals surface area contributed by atoms with Crippen molar-refractivity contribution in [1.82, 2.24) is 43.8 Å². The van der Waals surface area contributed by atoms with Crippen molar-refractivity contribution in [2.24, 2.45) is 7.05 Å². The van der Waals surface area contributed by atoms with E-state index in [2.05, 4.69) is 44.1 Å². The summed E-state index contributed by atoms with van der Waals surface area (Å²) in [7, 11) is 5.97. The quantitative estimate of drug-likeness (QED) is 0.328. The largest absolute Gasteiger partial charge is 0.492 e. The number of aryl methyl sites for hydroxylation is 2. The van der Waals surface area contributed by atoms with Gasteiger partial charge < -0.3 is 19.5 Å². The normalized spacial score (nSPS) is 13.5. The van der Waals surface area contributed by atoms with Gasteiger partial charge in [0, 0.05) is 56.2 Å². The van der Waals surface area contributed by atoms with Gasteiger partial charge in [-0.15, -0.1) is 5.10 Å². The Morgan fingerprint density at radius 2 is 1.97 bits per heavy atom. The van der Waals surface area contributed by atoms with Crippen molar-refractivity contribution in [1.29, 1.82) is 0 Å². The molecule has 0 aliphatic heterocycles. The topological polar surface area (TPSA) is 103 Å². The first-order valence-corrected chi connectivity index (χ1v) is 12.4. The maximum absolute atomic E-state index is 5.91. The molecule has 37 heavy (non-hydrogen) atoms. The number of hydrogen-bond acceptors (Lipinski definition) is 8. The highest BCUT2D eigenvalue weighted by Crippen LogP contribution is 2.36. The third kappa shape index (κ3) is 4.65. The Kier molecular flexibility index (Phi) is 5.84. The van der Waals surface area contributed by atoms with Crippen LogP contribution in [0.15, 0.2) is 49.2 Å². The van der Waals surface area contributed by atoms with Gasteiger partial charge in [-0.05, 0) is 51.6 Å². The van der Waals surface area contributed by atoms with E-state index < -0.39 is 0 Å². The lowest BCUT2D eigenvalue weighted by Crippen LogP contribution is -2.19. The molecule has 1 N–H and O–H groups in total. The Morgan fingerprint density at radius 1 is 1.11 bits per heavy atom. The average Bonchev–Trinajstić information content (AvgIpc) is 3.28. The summed E-state index contributed by atoms with van der Waals surface area (Å²) in [6, 6.07) is 6.32. The number of aromatic nitrogens is 8. The summed E-state index contributed by atoms with van der Waals surface area (Å²) >= 11 is 0. The molecule has 5 aromatic rings. The molecule has 0 atom stereocenters. The van der Waals surface area contributed by atoms with Gasteiger partial charge in [-0.3, -0.25) is 4.68 Å². The number of hydrogen-bond donors (Lipinski definition) is 1. The Hall–Kier alpha value is -4.25. The number of likely N-dealkylation sites (N-methyl/N-ethyl adjacent to an activating group) is 1. The zero-order chi connectivity index (χ0) is 25.5. The summed E-state index contributed by atoms with van der Waals surface area (Å²) in [5, 5.41) is 13.1. The Balaban J connectivity index is 1.41. The van der Waals surface area contributed by atoms with Crippen molar-refractivity contribution in [3.8, 4) is 28.7 Å². The monoisotopic (exact) mass is 498 g/mol. The molecule has 0 radical (unpaired) electrons. The van der Waals surface area contributed by atoms with Crippen molar-refractivity contribution in [2.45, 2.75) is 25.8 Å². The van der Waals surface area contributed by atoms with Crippen molar-refractivity contribution < 1.29 is 4.74 Å². The molecule has 0 aromatic carbocycles. The van der Waals surface area contributed by atoms with Gasteiger partial charge >= 0.3 is 0 Å². The average molecular weight is 499 g/mol. The predicted octanol–water partition coefficient (Wildman–Crippen LogP) is 3.72. The number of nitrogens with one attached hydrogen (secondary N) is 1. The Labute approximate surface area is 214 Å². The third-order valence-electron chi connectivity index (χ3n) is 6.50. The molecule has 0 spiro atoms. The van der Waals surface area contributed by atoms with Gasteiger partial charge in [0.25, 0.3) is 0 Å². The molecule has 6 rings (SSSR count). The summed E-state index contributed by atoms with van der Waals surface area (Å²) in [6.07, 6.45) is 11.8. The van der Waals surface area contributed by atoms with E-state index in [1.807, 2.05) is 54.8 Å². The number of pyridine rings is 1. The van der Waals surface area contributed by atoms with Crippen LogP contribution in [0.25, 0.3) is 28.4 Å².